The van der Waals surface area contributed by atoms with E-state index in [1.807, 2.05) is 30.3 Å². The standard InChI is InChI=1S/C21H17ClN2O3/c1-13-8-18(19(11-23)21(25)24-13)14-6-7-20(26-2)15(9-14)12-27-17-5-3-4-16(22)10-17/h3-10H,12H2,1-2H3,(H,24,25). The van der Waals surface area contributed by atoms with Crippen molar-refractivity contribution in [2.24, 2.45) is 0 Å². The van der Waals surface area contributed by atoms with Crippen molar-refractivity contribution in [2.75, 3.05) is 7.11 Å². The molecule has 0 unspecified atom stereocenters. The molecule has 0 aliphatic rings. The molecule has 3 aromatic rings. The predicted octanol–water partition coefficient (Wildman–Crippen LogP) is 4.46. The van der Waals surface area contributed by atoms with Crippen molar-refractivity contribution in [3.63, 3.8) is 0 Å². The predicted molar refractivity (Wildman–Crippen MR) is 104 cm³/mol. The summed E-state index contributed by atoms with van der Waals surface area (Å²) in [4.78, 5) is 14.7. The second-order valence-electron chi connectivity index (χ2n) is 5.95. The molecular formula is C21H17ClN2O3. The van der Waals surface area contributed by atoms with Gasteiger partial charge >= 0.3 is 0 Å². The average Bonchev–Trinajstić information content (AvgIpc) is 2.65. The maximum Gasteiger partial charge on any atom is 0.266 e. The Kier molecular flexibility index (Phi) is 5.49. The quantitative estimate of drug-likeness (QED) is 0.708. The molecule has 0 atom stereocenters. The third-order valence-corrected chi connectivity index (χ3v) is 4.30. The number of hydrogen-bond donors (Lipinski definition) is 1. The van der Waals surface area contributed by atoms with Gasteiger partial charge in [0.25, 0.3) is 5.56 Å². The van der Waals surface area contributed by atoms with E-state index in [-0.39, 0.29) is 12.2 Å². The van der Waals surface area contributed by atoms with E-state index in [1.165, 1.54) is 0 Å². The van der Waals surface area contributed by atoms with Crippen molar-refractivity contribution in [3.8, 4) is 28.7 Å². The van der Waals surface area contributed by atoms with Crippen molar-refractivity contribution in [1.82, 2.24) is 4.98 Å². The van der Waals surface area contributed by atoms with Crippen molar-refractivity contribution in [3.05, 3.63) is 80.7 Å². The molecule has 0 fully saturated rings. The SMILES string of the molecule is COc1ccc(-c2cc(C)[nH]c(=O)c2C#N)cc1COc1cccc(Cl)c1. The fourth-order valence-corrected chi connectivity index (χ4v) is 2.98. The topological polar surface area (TPSA) is 75.1 Å². The number of aryl methyl sites for hydroxylation is 1. The van der Waals surface area contributed by atoms with Gasteiger partial charge in [0, 0.05) is 21.8 Å². The molecule has 0 spiro atoms. The number of ether oxygens (including phenoxy) is 2. The zero-order chi connectivity index (χ0) is 19.4. The molecule has 1 heterocycles. The Morgan fingerprint density at radius 2 is 2.00 bits per heavy atom. The van der Waals surface area contributed by atoms with Gasteiger partial charge in [-0.15, -0.1) is 0 Å². The highest BCUT2D eigenvalue weighted by Gasteiger charge is 2.13. The van der Waals surface area contributed by atoms with Gasteiger partial charge in [-0.05, 0) is 48.9 Å². The lowest BCUT2D eigenvalue weighted by atomic mass is 9.99. The molecule has 5 nitrogen and oxygen atoms in total. The number of nitriles is 1. The molecule has 0 bridgehead atoms. The van der Waals surface area contributed by atoms with E-state index in [1.54, 1.807) is 38.3 Å². The normalized spacial score (nSPS) is 10.3. The van der Waals surface area contributed by atoms with Crippen LogP contribution < -0.4 is 15.0 Å². The number of methoxy groups -OCH3 is 1. The summed E-state index contributed by atoms with van der Waals surface area (Å²) in [6.07, 6.45) is 0. The smallest absolute Gasteiger partial charge is 0.266 e. The van der Waals surface area contributed by atoms with E-state index in [2.05, 4.69) is 4.98 Å². The van der Waals surface area contributed by atoms with E-state index in [9.17, 15) is 10.1 Å². The number of nitrogens with one attached hydrogen (secondary N) is 1. The largest absolute Gasteiger partial charge is 0.496 e. The second-order valence-corrected chi connectivity index (χ2v) is 6.39. The van der Waals surface area contributed by atoms with Crippen molar-refractivity contribution >= 4 is 11.6 Å². The highest BCUT2D eigenvalue weighted by molar-refractivity contribution is 6.30. The third kappa shape index (κ3) is 4.13. The Morgan fingerprint density at radius 1 is 1.19 bits per heavy atom. The van der Waals surface area contributed by atoms with Gasteiger partial charge in [0.15, 0.2) is 0 Å². The molecule has 0 saturated carbocycles. The van der Waals surface area contributed by atoms with E-state index in [4.69, 9.17) is 21.1 Å². The van der Waals surface area contributed by atoms with E-state index < -0.39 is 5.56 Å². The molecule has 6 heteroatoms. The fourth-order valence-electron chi connectivity index (χ4n) is 2.80. The van der Waals surface area contributed by atoms with E-state index in [0.29, 0.717) is 27.8 Å². The van der Waals surface area contributed by atoms with Crippen molar-refractivity contribution in [1.29, 1.82) is 5.26 Å². The Balaban J connectivity index is 1.99. The maximum atomic E-state index is 12.1. The minimum atomic E-state index is -0.403. The second kappa shape index (κ2) is 7.98. The van der Waals surface area contributed by atoms with Gasteiger partial charge in [-0.1, -0.05) is 23.7 Å². The van der Waals surface area contributed by atoms with Crippen LogP contribution in [0.15, 0.2) is 53.3 Å². The number of benzene rings is 2. The van der Waals surface area contributed by atoms with Crippen LogP contribution in [0.3, 0.4) is 0 Å². The number of aromatic amines is 1. The highest BCUT2D eigenvalue weighted by atomic mass is 35.5. The van der Waals surface area contributed by atoms with Gasteiger partial charge in [0.05, 0.1) is 7.11 Å². The Bertz CT molecular complexity index is 1080. The van der Waals surface area contributed by atoms with Crippen molar-refractivity contribution in [2.45, 2.75) is 13.5 Å². The summed E-state index contributed by atoms with van der Waals surface area (Å²) >= 11 is 5.99. The summed E-state index contributed by atoms with van der Waals surface area (Å²) < 4.78 is 11.2. The number of nitrogens with zero attached hydrogens (tertiary/aromatic N) is 1. The van der Waals surface area contributed by atoms with Crippen LogP contribution >= 0.6 is 11.6 Å². The Labute approximate surface area is 161 Å². The minimum Gasteiger partial charge on any atom is -0.496 e. The molecule has 0 saturated heterocycles. The van der Waals surface area contributed by atoms with Gasteiger partial charge in [-0.25, -0.2) is 0 Å². The van der Waals surface area contributed by atoms with Gasteiger partial charge in [0.1, 0.15) is 29.7 Å². The van der Waals surface area contributed by atoms with Crippen LogP contribution in [-0.2, 0) is 6.61 Å². The zero-order valence-corrected chi connectivity index (χ0v) is 15.6. The summed E-state index contributed by atoms with van der Waals surface area (Å²) in [5.74, 6) is 1.29. The number of H-pyrrole nitrogens is 1. The highest BCUT2D eigenvalue weighted by Crippen LogP contribution is 2.29. The molecule has 136 valence electrons. The summed E-state index contributed by atoms with van der Waals surface area (Å²) in [6.45, 7) is 2.03. The number of hydrogen-bond acceptors (Lipinski definition) is 4. The molecule has 0 amide bonds. The van der Waals surface area contributed by atoms with Crippen LogP contribution in [0, 0.1) is 18.3 Å². The molecule has 2 aromatic carbocycles. The maximum absolute atomic E-state index is 12.1. The van der Waals surface area contributed by atoms with Gasteiger partial charge < -0.3 is 14.5 Å². The summed E-state index contributed by atoms with van der Waals surface area (Å²) in [7, 11) is 1.58. The average molecular weight is 381 g/mol. The first-order valence-corrected chi connectivity index (χ1v) is 8.59. The zero-order valence-electron chi connectivity index (χ0n) is 14.9. The third-order valence-electron chi connectivity index (χ3n) is 4.06. The van der Waals surface area contributed by atoms with E-state index in [0.717, 1.165) is 11.1 Å². The number of rotatable bonds is 5. The summed E-state index contributed by atoms with van der Waals surface area (Å²) in [5.41, 5.74) is 2.46. The molecule has 0 aliphatic carbocycles. The first kappa shape index (κ1) is 18.6. The fraction of sp³-hybridized carbons (Fsp3) is 0.143. The van der Waals surface area contributed by atoms with Crippen LogP contribution in [0.4, 0.5) is 0 Å². The van der Waals surface area contributed by atoms with Crippen LogP contribution in [0.5, 0.6) is 11.5 Å². The molecule has 0 radical (unpaired) electrons. The van der Waals surface area contributed by atoms with Crippen LogP contribution in [-0.4, -0.2) is 12.1 Å². The monoisotopic (exact) mass is 380 g/mol. The first-order chi connectivity index (χ1) is 13.0. The van der Waals surface area contributed by atoms with Crippen molar-refractivity contribution < 1.29 is 9.47 Å². The minimum absolute atomic E-state index is 0.0764. The number of halogens is 1. The van der Waals surface area contributed by atoms with Crippen LogP contribution in [0.25, 0.3) is 11.1 Å². The molecule has 1 aromatic heterocycles. The summed E-state index contributed by atoms with van der Waals surface area (Å²) in [5, 5.41) is 9.96. The number of pyridine rings is 1. The molecular weight excluding hydrogens is 364 g/mol. The van der Waals surface area contributed by atoms with Crippen LogP contribution in [0.1, 0.15) is 16.8 Å². The number of aromatic nitrogens is 1. The van der Waals surface area contributed by atoms with Gasteiger partial charge in [-0.3, -0.25) is 4.79 Å². The molecule has 1 N–H and O–H groups in total. The lowest BCUT2D eigenvalue weighted by molar-refractivity contribution is 0.297. The summed E-state index contributed by atoms with van der Waals surface area (Å²) in [6, 6.07) is 16.4. The molecule has 27 heavy (non-hydrogen) atoms. The molecule has 3 rings (SSSR count). The Hall–Kier alpha value is -3.23. The lowest BCUT2D eigenvalue weighted by Crippen LogP contribution is -2.12. The van der Waals surface area contributed by atoms with Gasteiger partial charge in [-0.2, -0.15) is 5.26 Å². The Morgan fingerprint density at radius 3 is 2.70 bits per heavy atom. The lowest BCUT2D eigenvalue weighted by Gasteiger charge is -2.13. The first-order valence-electron chi connectivity index (χ1n) is 8.21. The van der Waals surface area contributed by atoms with E-state index >= 15 is 0 Å². The van der Waals surface area contributed by atoms with Crippen LogP contribution in [0.2, 0.25) is 5.02 Å². The molecule has 0 aliphatic heterocycles. The van der Waals surface area contributed by atoms with Gasteiger partial charge in [0.2, 0.25) is 0 Å².